The summed E-state index contributed by atoms with van der Waals surface area (Å²) in [6, 6.07) is 52.5. The highest BCUT2D eigenvalue weighted by Crippen LogP contribution is 2.44. The molecule has 0 N–H and O–H groups in total. The molecule has 2 aromatic heterocycles. The Bertz CT molecular complexity index is 3150. The molecule has 7 aromatic carbocycles. The van der Waals surface area contributed by atoms with Crippen molar-refractivity contribution < 1.29 is 0 Å². The highest BCUT2D eigenvalue weighted by Gasteiger charge is 2.43. The largest absolute Gasteiger partial charge is 0.311 e. The highest BCUT2D eigenvalue weighted by molar-refractivity contribution is 7.00. The van der Waals surface area contributed by atoms with Gasteiger partial charge in [0.05, 0.1) is 16.6 Å². The summed E-state index contributed by atoms with van der Waals surface area (Å²) in [5, 5.41) is 2.40. The Kier molecular flexibility index (Phi) is 6.26. The molecule has 0 atom stereocenters. The van der Waals surface area contributed by atoms with Crippen LogP contribution < -0.4 is 37.0 Å². The molecule has 256 valence electrons. The Morgan fingerprint density at radius 3 is 1.67 bits per heavy atom. The maximum Gasteiger partial charge on any atom is 0.252 e. The molecule has 54 heavy (non-hydrogen) atoms. The van der Waals surface area contributed by atoms with Gasteiger partial charge in [-0.3, -0.25) is 9.59 Å². The summed E-state index contributed by atoms with van der Waals surface area (Å²) < 4.78 is 2.17. The minimum Gasteiger partial charge on any atom is -0.311 e. The van der Waals surface area contributed by atoms with Crippen molar-refractivity contribution in [1.82, 2.24) is 4.40 Å². The minimum absolute atomic E-state index is 0.0486. The third-order valence-corrected chi connectivity index (χ3v) is 11.6. The van der Waals surface area contributed by atoms with Gasteiger partial charge in [0.1, 0.15) is 0 Å². The van der Waals surface area contributed by atoms with E-state index in [0.717, 1.165) is 56.2 Å². The second-order valence-electron chi connectivity index (χ2n) is 15.6. The molecule has 4 heterocycles. The van der Waals surface area contributed by atoms with Crippen LogP contribution >= 0.6 is 0 Å². The van der Waals surface area contributed by atoms with E-state index in [1.165, 1.54) is 10.9 Å². The van der Waals surface area contributed by atoms with Crippen LogP contribution in [0.25, 0.3) is 38.1 Å². The van der Waals surface area contributed by atoms with E-state index in [4.69, 9.17) is 0 Å². The summed E-state index contributed by atoms with van der Waals surface area (Å²) >= 11 is 0. The van der Waals surface area contributed by atoms with E-state index in [2.05, 4.69) is 156 Å². The molecule has 0 fully saturated rings. The van der Waals surface area contributed by atoms with Gasteiger partial charge in [-0.2, -0.15) is 0 Å². The average Bonchev–Trinajstić information content (AvgIpc) is 3.20. The number of aromatic nitrogens is 1. The zero-order valence-electron chi connectivity index (χ0n) is 30.2. The summed E-state index contributed by atoms with van der Waals surface area (Å²) in [5.41, 5.74) is 13.0. The SMILES string of the molecule is CC(C)(C)c1ccc2c(c1)c(=O)c1cccc3c(=O)c4cc5c(cc4n2c13)N(c1ccccc1)c1cccc2c1B5c1ccccc1N2c1ccccc1. The molecule has 6 heteroatoms. The monoisotopic (exact) mass is 695 g/mol. The van der Waals surface area contributed by atoms with Crippen molar-refractivity contribution in [3.8, 4) is 0 Å². The maximum atomic E-state index is 14.8. The second-order valence-corrected chi connectivity index (χ2v) is 15.6. The van der Waals surface area contributed by atoms with E-state index in [-0.39, 0.29) is 23.0 Å². The molecule has 11 rings (SSSR count). The van der Waals surface area contributed by atoms with Gasteiger partial charge in [0.15, 0.2) is 10.9 Å². The third-order valence-electron chi connectivity index (χ3n) is 11.6. The number of hydrogen-bond acceptors (Lipinski definition) is 4. The van der Waals surface area contributed by atoms with Crippen molar-refractivity contribution in [1.29, 1.82) is 0 Å². The number of benzene rings is 7. The maximum absolute atomic E-state index is 14.8. The number of hydrogen-bond donors (Lipinski definition) is 0. The van der Waals surface area contributed by atoms with Gasteiger partial charge in [-0.25, -0.2) is 0 Å². The predicted octanol–water partition coefficient (Wildman–Crippen LogP) is 8.94. The van der Waals surface area contributed by atoms with Crippen LogP contribution in [-0.2, 0) is 5.41 Å². The normalized spacial score (nSPS) is 13.5. The predicted molar refractivity (Wildman–Crippen MR) is 226 cm³/mol. The number of para-hydroxylation sites is 4. The molecule has 2 aliphatic rings. The van der Waals surface area contributed by atoms with E-state index in [1.807, 2.05) is 30.3 Å². The van der Waals surface area contributed by atoms with Crippen molar-refractivity contribution in [2.24, 2.45) is 0 Å². The van der Waals surface area contributed by atoms with E-state index in [1.54, 1.807) is 0 Å². The molecule has 0 amide bonds. The number of rotatable bonds is 2. The second kappa shape index (κ2) is 10.9. The summed E-state index contributed by atoms with van der Waals surface area (Å²) in [5.74, 6) is 0. The van der Waals surface area contributed by atoms with Gasteiger partial charge in [0, 0.05) is 55.7 Å². The number of fused-ring (bicyclic) bond motifs is 8. The van der Waals surface area contributed by atoms with Crippen LogP contribution in [0.15, 0.2) is 161 Å². The lowest BCUT2D eigenvalue weighted by Crippen LogP contribution is -2.61. The molecule has 0 spiro atoms. The zero-order chi connectivity index (χ0) is 36.5. The van der Waals surface area contributed by atoms with Gasteiger partial charge in [-0.1, -0.05) is 99.6 Å². The van der Waals surface area contributed by atoms with Crippen molar-refractivity contribution in [3.05, 3.63) is 178 Å². The molecule has 5 nitrogen and oxygen atoms in total. The van der Waals surface area contributed by atoms with Crippen LogP contribution in [0.3, 0.4) is 0 Å². The van der Waals surface area contributed by atoms with Gasteiger partial charge in [0.25, 0.3) is 6.71 Å². The first kappa shape index (κ1) is 30.9. The van der Waals surface area contributed by atoms with E-state index < -0.39 is 0 Å². The van der Waals surface area contributed by atoms with Gasteiger partial charge in [0.2, 0.25) is 0 Å². The number of nitrogens with zero attached hydrogens (tertiary/aromatic N) is 3. The van der Waals surface area contributed by atoms with Crippen molar-refractivity contribution in [2.45, 2.75) is 26.2 Å². The first-order chi connectivity index (χ1) is 26.3. The summed E-state index contributed by atoms with van der Waals surface area (Å²) in [6.07, 6.45) is 0. The molecule has 0 saturated carbocycles. The Hall–Kier alpha value is -6.66. The fourth-order valence-corrected chi connectivity index (χ4v) is 9.19. The smallest absolute Gasteiger partial charge is 0.252 e. The Balaban J connectivity index is 1.31. The molecule has 0 radical (unpaired) electrons. The van der Waals surface area contributed by atoms with Crippen LogP contribution in [0.2, 0.25) is 0 Å². The molecular formula is C48H34BN3O2. The van der Waals surface area contributed by atoms with E-state index in [9.17, 15) is 9.59 Å². The molecule has 2 aliphatic heterocycles. The molecule has 0 aliphatic carbocycles. The lowest BCUT2D eigenvalue weighted by Gasteiger charge is -2.44. The minimum atomic E-state index is -0.138. The Morgan fingerprint density at radius 1 is 0.463 bits per heavy atom. The quantitative estimate of drug-likeness (QED) is 0.103. The first-order valence-electron chi connectivity index (χ1n) is 18.6. The summed E-state index contributed by atoms with van der Waals surface area (Å²) in [7, 11) is 0. The van der Waals surface area contributed by atoms with Gasteiger partial charge in [-0.05, 0) is 100 Å². The lowest BCUT2D eigenvalue weighted by molar-refractivity contribution is 0.591. The lowest BCUT2D eigenvalue weighted by atomic mass is 9.33. The number of pyridine rings is 2. The molecule has 0 bridgehead atoms. The van der Waals surface area contributed by atoms with Crippen LogP contribution in [0.4, 0.5) is 34.1 Å². The standard InChI is InChI=1S/C48H34BN3O2/c1-48(2,3)29-24-25-38-34(26-29)46(53)32-18-12-19-33-45(32)52(38)42-28-43-37(27-35(42)47(33)54)49-36-20-10-11-21-39(36)50(30-14-6-4-7-15-30)40-22-13-23-41(44(40)49)51(43)31-16-8-5-9-17-31/h4-28H,1-3H3. The molecular weight excluding hydrogens is 661 g/mol. The Morgan fingerprint density at radius 2 is 1.02 bits per heavy atom. The first-order valence-corrected chi connectivity index (χ1v) is 18.6. The van der Waals surface area contributed by atoms with Crippen LogP contribution in [0, 0.1) is 0 Å². The zero-order valence-corrected chi connectivity index (χ0v) is 30.2. The molecule has 0 unspecified atom stereocenters. The topological polar surface area (TPSA) is 45.0 Å². The highest BCUT2D eigenvalue weighted by atomic mass is 16.1. The average molecular weight is 696 g/mol. The van der Waals surface area contributed by atoms with E-state index >= 15 is 0 Å². The van der Waals surface area contributed by atoms with Crippen molar-refractivity contribution in [3.63, 3.8) is 0 Å². The molecule has 0 saturated heterocycles. The van der Waals surface area contributed by atoms with Gasteiger partial charge in [-0.15, -0.1) is 0 Å². The van der Waals surface area contributed by atoms with Crippen molar-refractivity contribution >= 4 is 95.3 Å². The van der Waals surface area contributed by atoms with E-state index in [0.29, 0.717) is 27.1 Å². The van der Waals surface area contributed by atoms with Gasteiger partial charge >= 0.3 is 0 Å². The number of anilines is 6. The summed E-state index contributed by atoms with van der Waals surface area (Å²) in [4.78, 5) is 33.8. The Labute approximate surface area is 312 Å². The molecule has 9 aromatic rings. The fraction of sp³-hybridized carbons (Fsp3) is 0.0833. The fourth-order valence-electron chi connectivity index (χ4n) is 9.19. The van der Waals surface area contributed by atoms with Crippen LogP contribution in [0.5, 0.6) is 0 Å². The third kappa shape index (κ3) is 4.11. The van der Waals surface area contributed by atoms with Crippen LogP contribution in [-0.4, -0.2) is 11.1 Å². The summed E-state index contributed by atoms with van der Waals surface area (Å²) in [6.45, 7) is 6.37. The van der Waals surface area contributed by atoms with Crippen molar-refractivity contribution in [2.75, 3.05) is 9.80 Å². The van der Waals surface area contributed by atoms with Gasteiger partial charge < -0.3 is 14.2 Å². The van der Waals surface area contributed by atoms with Crippen LogP contribution in [0.1, 0.15) is 26.3 Å².